The predicted molar refractivity (Wildman–Crippen MR) is 132 cm³/mol. The summed E-state index contributed by atoms with van der Waals surface area (Å²) < 4.78 is 21.8. The van der Waals surface area contributed by atoms with Crippen molar-refractivity contribution in [2.75, 3.05) is 18.2 Å². The Labute approximate surface area is 200 Å². The summed E-state index contributed by atoms with van der Waals surface area (Å²) in [5.74, 6) is 0.505. The van der Waals surface area contributed by atoms with Gasteiger partial charge in [-0.2, -0.15) is 4.98 Å². The quantitative estimate of drug-likeness (QED) is 0.339. The van der Waals surface area contributed by atoms with Crippen LogP contribution in [0, 0.1) is 5.82 Å². The number of rotatable bonds is 6. The Morgan fingerprint density at radius 2 is 1.79 bits per heavy atom. The van der Waals surface area contributed by atoms with Crippen molar-refractivity contribution in [2.45, 2.75) is 6.54 Å². The van der Waals surface area contributed by atoms with Gasteiger partial charge in [0.2, 0.25) is 5.95 Å². The molecule has 0 saturated carbocycles. The third-order valence-electron chi connectivity index (χ3n) is 5.36. The van der Waals surface area contributed by atoms with Crippen LogP contribution in [0.1, 0.15) is 5.56 Å². The lowest BCUT2D eigenvalue weighted by atomic mass is 10.1. The maximum absolute atomic E-state index is 15.1. The normalized spacial score (nSPS) is 11.0. The summed E-state index contributed by atoms with van der Waals surface area (Å²) in [4.78, 5) is 9.18. The van der Waals surface area contributed by atoms with Crippen molar-refractivity contribution in [3.8, 4) is 22.7 Å². The van der Waals surface area contributed by atoms with E-state index in [4.69, 9.17) is 22.1 Å². The molecule has 0 bridgehead atoms. The molecule has 2 aromatic heterocycles. The maximum Gasteiger partial charge on any atom is 0.225 e. The van der Waals surface area contributed by atoms with Gasteiger partial charge in [0.1, 0.15) is 17.4 Å². The van der Waals surface area contributed by atoms with Crippen LogP contribution in [0.15, 0.2) is 72.8 Å². The van der Waals surface area contributed by atoms with Gasteiger partial charge in [-0.05, 0) is 42.0 Å². The van der Waals surface area contributed by atoms with Crippen molar-refractivity contribution in [3.05, 3.63) is 89.2 Å². The van der Waals surface area contributed by atoms with E-state index in [0.717, 1.165) is 5.56 Å². The summed E-state index contributed by atoms with van der Waals surface area (Å²) in [6, 6.07) is 21.5. The molecule has 0 amide bonds. The van der Waals surface area contributed by atoms with Gasteiger partial charge in [-0.3, -0.25) is 0 Å². The van der Waals surface area contributed by atoms with Crippen LogP contribution in [-0.2, 0) is 6.54 Å². The van der Waals surface area contributed by atoms with Gasteiger partial charge in [-0.15, -0.1) is 5.10 Å². The molecular formula is C25H20ClFN6O. The molecule has 3 N–H and O–H groups in total. The van der Waals surface area contributed by atoms with E-state index in [0.29, 0.717) is 45.7 Å². The van der Waals surface area contributed by atoms with E-state index in [9.17, 15) is 0 Å². The number of anilines is 2. The number of nitrogens with zero attached hydrogens (tertiary/aromatic N) is 4. The van der Waals surface area contributed by atoms with Gasteiger partial charge in [0.15, 0.2) is 5.65 Å². The Hall–Kier alpha value is -4.17. The van der Waals surface area contributed by atoms with Crippen LogP contribution < -0.4 is 15.8 Å². The third-order valence-corrected chi connectivity index (χ3v) is 5.62. The first kappa shape index (κ1) is 21.7. The molecule has 0 aliphatic rings. The van der Waals surface area contributed by atoms with Crippen molar-refractivity contribution in [3.63, 3.8) is 0 Å². The minimum Gasteiger partial charge on any atom is -0.497 e. The predicted octanol–water partition coefficient (Wildman–Crippen LogP) is 5.48. The highest BCUT2D eigenvalue weighted by molar-refractivity contribution is 6.30. The average Bonchev–Trinajstić information content (AvgIpc) is 3.19. The number of ether oxygens (including phenoxy) is 1. The number of nitrogen functional groups attached to an aromatic ring is 1. The van der Waals surface area contributed by atoms with Crippen LogP contribution >= 0.6 is 11.6 Å². The standard InChI is InChI=1S/C25H20ClFN6O/c1-34-18-11-12-19(20(27)13-18)22-21-23(28)33(17-9-7-16(26)8-10-17)32-24(21)31-25(30-22)29-14-15-5-3-2-4-6-15/h2-13H,14,28H2,1H3,(H,29,31,32). The first-order chi connectivity index (χ1) is 16.5. The Morgan fingerprint density at radius 3 is 2.50 bits per heavy atom. The summed E-state index contributed by atoms with van der Waals surface area (Å²) in [6.07, 6.45) is 0. The Balaban J connectivity index is 1.67. The van der Waals surface area contributed by atoms with Crippen LogP contribution in [-0.4, -0.2) is 26.9 Å². The smallest absolute Gasteiger partial charge is 0.225 e. The monoisotopic (exact) mass is 474 g/mol. The van der Waals surface area contributed by atoms with Crippen molar-refractivity contribution < 1.29 is 9.13 Å². The lowest BCUT2D eigenvalue weighted by Gasteiger charge is -2.10. The number of fused-ring (bicyclic) bond motifs is 1. The van der Waals surface area contributed by atoms with E-state index in [1.807, 2.05) is 30.3 Å². The Kier molecular flexibility index (Phi) is 5.73. The molecular weight excluding hydrogens is 455 g/mol. The minimum atomic E-state index is -0.494. The van der Waals surface area contributed by atoms with Gasteiger partial charge in [-0.25, -0.2) is 14.1 Å². The van der Waals surface area contributed by atoms with Gasteiger partial charge >= 0.3 is 0 Å². The number of benzene rings is 3. The van der Waals surface area contributed by atoms with E-state index >= 15 is 4.39 Å². The zero-order valence-corrected chi connectivity index (χ0v) is 18.9. The molecule has 2 heterocycles. The molecule has 34 heavy (non-hydrogen) atoms. The molecule has 0 unspecified atom stereocenters. The van der Waals surface area contributed by atoms with Crippen LogP contribution in [0.2, 0.25) is 5.02 Å². The third kappa shape index (κ3) is 4.11. The molecule has 0 fully saturated rings. The molecule has 0 spiro atoms. The highest BCUT2D eigenvalue weighted by atomic mass is 35.5. The average molecular weight is 475 g/mol. The number of methoxy groups -OCH3 is 1. The lowest BCUT2D eigenvalue weighted by Crippen LogP contribution is -2.05. The maximum atomic E-state index is 15.1. The number of aromatic nitrogens is 4. The second kappa shape index (κ2) is 8.99. The van der Waals surface area contributed by atoms with Crippen LogP contribution in [0.25, 0.3) is 28.0 Å². The zero-order valence-electron chi connectivity index (χ0n) is 18.2. The second-order valence-electron chi connectivity index (χ2n) is 7.55. The lowest BCUT2D eigenvalue weighted by molar-refractivity contribution is 0.411. The summed E-state index contributed by atoms with van der Waals surface area (Å²) >= 11 is 6.03. The summed E-state index contributed by atoms with van der Waals surface area (Å²) in [7, 11) is 1.48. The van der Waals surface area contributed by atoms with E-state index in [1.54, 1.807) is 41.1 Å². The van der Waals surface area contributed by atoms with E-state index in [2.05, 4.69) is 20.4 Å². The molecule has 0 radical (unpaired) electrons. The van der Waals surface area contributed by atoms with Gasteiger partial charge in [0.05, 0.1) is 23.9 Å². The summed E-state index contributed by atoms with van der Waals surface area (Å²) in [6.45, 7) is 0.490. The molecule has 0 aliphatic heterocycles. The number of hydrogen-bond acceptors (Lipinski definition) is 6. The molecule has 5 rings (SSSR count). The number of nitrogens with one attached hydrogen (secondary N) is 1. The first-order valence-corrected chi connectivity index (χ1v) is 10.8. The molecule has 0 aliphatic carbocycles. The van der Waals surface area contributed by atoms with Crippen molar-refractivity contribution >= 4 is 34.4 Å². The van der Waals surface area contributed by atoms with E-state index in [-0.39, 0.29) is 11.4 Å². The van der Waals surface area contributed by atoms with Gasteiger partial charge in [0.25, 0.3) is 0 Å². The highest BCUT2D eigenvalue weighted by Crippen LogP contribution is 2.35. The van der Waals surface area contributed by atoms with Crippen molar-refractivity contribution in [1.29, 1.82) is 0 Å². The molecule has 9 heteroatoms. The fourth-order valence-electron chi connectivity index (χ4n) is 3.66. The summed E-state index contributed by atoms with van der Waals surface area (Å²) in [5.41, 5.74) is 9.16. The molecule has 0 saturated heterocycles. The van der Waals surface area contributed by atoms with Gasteiger partial charge in [-0.1, -0.05) is 41.9 Å². The fourth-order valence-corrected chi connectivity index (χ4v) is 3.78. The zero-order chi connectivity index (χ0) is 23.7. The van der Waals surface area contributed by atoms with E-state index < -0.39 is 5.82 Å². The minimum absolute atomic E-state index is 0.262. The molecule has 0 atom stereocenters. The number of nitrogens with two attached hydrogens (primary N) is 1. The highest BCUT2D eigenvalue weighted by Gasteiger charge is 2.21. The fraction of sp³-hybridized carbons (Fsp3) is 0.0800. The molecule has 7 nitrogen and oxygen atoms in total. The first-order valence-electron chi connectivity index (χ1n) is 10.5. The topological polar surface area (TPSA) is 90.9 Å². The van der Waals surface area contributed by atoms with Crippen molar-refractivity contribution in [2.24, 2.45) is 0 Å². The van der Waals surface area contributed by atoms with Crippen molar-refractivity contribution in [1.82, 2.24) is 19.7 Å². The largest absolute Gasteiger partial charge is 0.497 e. The second-order valence-corrected chi connectivity index (χ2v) is 7.99. The molecule has 3 aromatic carbocycles. The molecule has 5 aromatic rings. The van der Waals surface area contributed by atoms with Crippen LogP contribution in [0.4, 0.5) is 16.2 Å². The van der Waals surface area contributed by atoms with Gasteiger partial charge < -0.3 is 15.8 Å². The Bertz CT molecular complexity index is 1470. The van der Waals surface area contributed by atoms with Crippen LogP contribution in [0.5, 0.6) is 5.75 Å². The molecule has 170 valence electrons. The van der Waals surface area contributed by atoms with E-state index in [1.165, 1.54) is 13.2 Å². The Morgan fingerprint density at radius 1 is 1.03 bits per heavy atom. The summed E-state index contributed by atoms with van der Waals surface area (Å²) in [5, 5.41) is 8.83. The number of halogens is 2. The number of hydrogen-bond donors (Lipinski definition) is 2. The van der Waals surface area contributed by atoms with Gasteiger partial charge in [0, 0.05) is 23.2 Å². The van der Waals surface area contributed by atoms with Crippen LogP contribution in [0.3, 0.4) is 0 Å². The SMILES string of the molecule is COc1ccc(-c2nc(NCc3ccccc3)nc3nn(-c4ccc(Cl)cc4)c(N)c23)c(F)c1.